The van der Waals surface area contributed by atoms with E-state index < -0.39 is 0 Å². The summed E-state index contributed by atoms with van der Waals surface area (Å²) in [6.45, 7) is 5.00. The summed E-state index contributed by atoms with van der Waals surface area (Å²) < 4.78 is 6.15. The summed E-state index contributed by atoms with van der Waals surface area (Å²) in [5, 5.41) is 0. The molecule has 3 aromatic carbocycles. The third kappa shape index (κ3) is 3.81. The van der Waals surface area contributed by atoms with Crippen LogP contribution < -0.4 is 4.74 Å². The Morgan fingerprint density at radius 1 is 0.739 bits per heavy atom. The Bertz CT molecular complexity index is 745. The molecule has 0 bridgehead atoms. The zero-order chi connectivity index (χ0) is 16.1. The second-order valence-electron chi connectivity index (χ2n) is 6.05. The fourth-order valence-electron chi connectivity index (χ4n) is 2.68. The molecule has 0 heterocycles. The van der Waals surface area contributed by atoms with Gasteiger partial charge in [0.15, 0.2) is 0 Å². The van der Waals surface area contributed by atoms with Crippen LogP contribution in [0.2, 0.25) is 0 Å². The van der Waals surface area contributed by atoms with E-state index in [0.29, 0.717) is 12.5 Å². The van der Waals surface area contributed by atoms with Crippen LogP contribution in [0, 0.1) is 0 Å². The van der Waals surface area contributed by atoms with Crippen molar-refractivity contribution < 1.29 is 4.74 Å². The van der Waals surface area contributed by atoms with Crippen LogP contribution in [0.15, 0.2) is 78.9 Å². The van der Waals surface area contributed by atoms with Gasteiger partial charge in [0, 0.05) is 0 Å². The lowest BCUT2D eigenvalue weighted by Gasteiger charge is -2.16. The average molecular weight is 302 g/mol. The van der Waals surface area contributed by atoms with E-state index in [4.69, 9.17) is 4.74 Å². The molecule has 0 saturated carbocycles. The van der Waals surface area contributed by atoms with Crippen LogP contribution in [0.25, 0.3) is 11.1 Å². The third-order valence-corrected chi connectivity index (χ3v) is 3.98. The minimum Gasteiger partial charge on any atom is -0.489 e. The van der Waals surface area contributed by atoms with Crippen LogP contribution in [0.4, 0.5) is 0 Å². The van der Waals surface area contributed by atoms with Crippen LogP contribution in [0.1, 0.15) is 30.9 Å². The molecule has 0 saturated heterocycles. The standard InChI is InChI=1S/C22H22O/c1-17(2)21-14-13-20(19-11-7-4-8-12-19)15-22(21)23-16-18-9-5-3-6-10-18/h3-15,17H,16H2,1-2H3. The lowest BCUT2D eigenvalue weighted by atomic mass is 9.97. The molecule has 0 radical (unpaired) electrons. The Labute approximate surface area is 138 Å². The predicted molar refractivity (Wildman–Crippen MR) is 96.7 cm³/mol. The van der Waals surface area contributed by atoms with Gasteiger partial charge in [-0.05, 0) is 34.2 Å². The van der Waals surface area contributed by atoms with Crippen molar-refractivity contribution >= 4 is 0 Å². The van der Waals surface area contributed by atoms with Gasteiger partial charge in [0.05, 0.1) is 0 Å². The minimum atomic E-state index is 0.436. The molecular formula is C22H22O. The monoisotopic (exact) mass is 302 g/mol. The molecular weight excluding hydrogens is 280 g/mol. The first-order valence-corrected chi connectivity index (χ1v) is 8.10. The van der Waals surface area contributed by atoms with Crippen molar-refractivity contribution in [3.63, 3.8) is 0 Å². The SMILES string of the molecule is CC(C)c1ccc(-c2ccccc2)cc1OCc1ccccc1. The highest BCUT2D eigenvalue weighted by molar-refractivity contribution is 5.66. The maximum absolute atomic E-state index is 6.15. The van der Waals surface area contributed by atoms with Crippen LogP contribution in [-0.4, -0.2) is 0 Å². The summed E-state index contributed by atoms with van der Waals surface area (Å²) in [5.74, 6) is 1.41. The van der Waals surface area contributed by atoms with E-state index in [-0.39, 0.29) is 0 Å². The van der Waals surface area contributed by atoms with Crippen molar-refractivity contribution in [2.75, 3.05) is 0 Å². The summed E-state index contributed by atoms with van der Waals surface area (Å²) in [4.78, 5) is 0. The maximum Gasteiger partial charge on any atom is 0.123 e. The highest BCUT2D eigenvalue weighted by Gasteiger charge is 2.10. The molecule has 3 aromatic rings. The molecule has 0 amide bonds. The van der Waals surface area contributed by atoms with Crippen molar-refractivity contribution in [1.29, 1.82) is 0 Å². The number of ether oxygens (including phenoxy) is 1. The van der Waals surface area contributed by atoms with Crippen molar-refractivity contribution in [3.05, 3.63) is 90.0 Å². The molecule has 0 aliphatic carbocycles. The van der Waals surface area contributed by atoms with Gasteiger partial charge in [-0.25, -0.2) is 0 Å². The van der Waals surface area contributed by atoms with Gasteiger partial charge in [-0.15, -0.1) is 0 Å². The van der Waals surface area contributed by atoms with Crippen molar-refractivity contribution in [2.24, 2.45) is 0 Å². The molecule has 0 spiro atoms. The number of hydrogen-bond donors (Lipinski definition) is 0. The Morgan fingerprint density at radius 2 is 1.39 bits per heavy atom. The van der Waals surface area contributed by atoms with E-state index in [9.17, 15) is 0 Å². The van der Waals surface area contributed by atoms with Gasteiger partial charge in [-0.2, -0.15) is 0 Å². The molecule has 0 aliphatic rings. The predicted octanol–water partition coefficient (Wildman–Crippen LogP) is 6.06. The molecule has 0 aromatic heterocycles. The van der Waals surface area contributed by atoms with Gasteiger partial charge >= 0.3 is 0 Å². The summed E-state index contributed by atoms with van der Waals surface area (Å²) in [5.41, 5.74) is 4.85. The van der Waals surface area contributed by atoms with Crippen LogP contribution >= 0.6 is 0 Å². The first-order valence-electron chi connectivity index (χ1n) is 8.10. The lowest BCUT2D eigenvalue weighted by Crippen LogP contribution is -2.00. The molecule has 0 unspecified atom stereocenters. The summed E-state index contributed by atoms with van der Waals surface area (Å²) in [6, 6.07) is 27.3. The fraction of sp³-hybridized carbons (Fsp3) is 0.182. The molecule has 0 N–H and O–H groups in total. The molecule has 1 nitrogen and oxygen atoms in total. The third-order valence-electron chi connectivity index (χ3n) is 3.98. The maximum atomic E-state index is 6.15. The zero-order valence-electron chi connectivity index (χ0n) is 13.7. The van der Waals surface area contributed by atoms with E-state index in [1.165, 1.54) is 22.3 Å². The van der Waals surface area contributed by atoms with Gasteiger partial charge in [-0.1, -0.05) is 86.6 Å². The second kappa shape index (κ2) is 7.15. The first kappa shape index (κ1) is 15.4. The molecule has 0 aliphatic heterocycles. The Balaban J connectivity index is 1.89. The molecule has 23 heavy (non-hydrogen) atoms. The van der Waals surface area contributed by atoms with E-state index in [1.807, 2.05) is 24.3 Å². The number of benzene rings is 3. The summed E-state index contributed by atoms with van der Waals surface area (Å²) >= 11 is 0. The molecule has 1 heteroatoms. The van der Waals surface area contributed by atoms with E-state index in [1.54, 1.807) is 0 Å². The normalized spacial score (nSPS) is 10.7. The van der Waals surface area contributed by atoms with Crippen molar-refractivity contribution in [1.82, 2.24) is 0 Å². The molecule has 0 atom stereocenters. The quantitative estimate of drug-likeness (QED) is 0.557. The van der Waals surface area contributed by atoms with E-state index in [2.05, 4.69) is 68.4 Å². The fourth-order valence-corrected chi connectivity index (χ4v) is 2.68. The molecule has 0 fully saturated rings. The van der Waals surface area contributed by atoms with Crippen LogP contribution in [0.3, 0.4) is 0 Å². The van der Waals surface area contributed by atoms with Gasteiger partial charge < -0.3 is 4.74 Å². The van der Waals surface area contributed by atoms with Crippen molar-refractivity contribution in [3.8, 4) is 16.9 Å². The zero-order valence-corrected chi connectivity index (χ0v) is 13.7. The molecule has 3 rings (SSSR count). The van der Waals surface area contributed by atoms with Crippen LogP contribution in [0.5, 0.6) is 5.75 Å². The van der Waals surface area contributed by atoms with Crippen molar-refractivity contribution in [2.45, 2.75) is 26.4 Å². The van der Waals surface area contributed by atoms with E-state index >= 15 is 0 Å². The highest BCUT2D eigenvalue weighted by atomic mass is 16.5. The van der Waals surface area contributed by atoms with Gasteiger partial charge in [0.2, 0.25) is 0 Å². The topological polar surface area (TPSA) is 9.23 Å². The second-order valence-corrected chi connectivity index (χ2v) is 6.05. The average Bonchev–Trinajstić information content (AvgIpc) is 2.61. The van der Waals surface area contributed by atoms with E-state index in [0.717, 1.165) is 5.75 Å². The van der Waals surface area contributed by atoms with Gasteiger partial charge in [0.25, 0.3) is 0 Å². The summed E-state index contributed by atoms with van der Waals surface area (Å²) in [7, 11) is 0. The Hall–Kier alpha value is -2.54. The Kier molecular flexibility index (Phi) is 4.77. The highest BCUT2D eigenvalue weighted by Crippen LogP contribution is 2.32. The largest absolute Gasteiger partial charge is 0.489 e. The minimum absolute atomic E-state index is 0.436. The van der Waals surface area contributed by atoms with Gasteiger partial charge in [-0.3, -0.25) is 0 Å². The first-order chi connectivity index (χ1) is 11.2. The molecule has 116 valence electrons. The number of rotatable bonds is 5. The number of hydrogen-bond acceptors (Lipinski definition) is 1. The van der Waals surface area contributed by atoms with Gasteiger partial charge in [0.1, 0.15) is 12.4 Å². The van der Waals surface area contributed by atoms with Crippen LogP contribution in [-0.2, 0) is 6.61 Å². The smallest absolute Gasteiger partial charge is 0.123 e. The Morgan fingerprint density at radius 3 is 2.04 bits per heavy atom. The summed E-state index contributed by atoms with van der Waals surface area (Å²) in [6.07, 6.45) is 0. The lowest BCUT2D eigenvalue weighted by molar-refractivity contribution is 0.302.